The fourth-order valence-electron chi connectivity index (χ4n) is 3.38. The normalized spacial score (nSPS) is 12.7. The molecule has 2 unspecified atom stereocenters. The third kappa shape index (κ3) is 7.12. The molecule has 0 fully saturated rings. The monoisotopic (exact) mass is 424 g/mol. The number of hydrogen-bond acceptors (Lipinski definition) is 3. The SMILES string of the molecule is CCc1ccc(OCC(=O)N(Cc2ccccc2C)C(CC)C(=O)NC(C)CC)cc1. The van der Waals surface area contributed by atoms with E-state index in [2.05, 4.69) is 12.2 Å². The van der Waals surface area contributed by atoms with Crippen molar-refractivity contribution in [2.45, 2.75) is 72.5 Å². The van der Waals surface area contributed by atoms with Crippen molar-refractivity contribution in [1.82, 2.24) is 10.2 Å². The van der Waals surface area contributed by atoms with Crippen molar-refractivity contribution in [1.29, 1.82) is 0 Å². The van der Waals surface area contributed by atoms with Crippen LogP contribution >= 0.6 is 0 Å². The van der Waals surface area contributed by atoms with Crippen LogP contribution in [-0.2, 0) is 22.6 Å². The van der Waals surface area contributed by atoms with Crippen LogP contribution in [0.4, 0.5) is 0 Å². The molecule has 2 rings (SSSR count). The highest BCUT2D eigenvalue weighted by Gasteiger charge is 2.29. The second kappa shape index (κ2) is 12.1. The Bertz CT molecular complexity index is 848. The van der Waals surface area contributed by atoms with Gasteiger partial charge in [-0.25, -0.2) is 0 Å². The van der Waals surface area contributed by atoms with Crippen molar-refractivity contribution in [3.63, 3.8) is 0 Å². The van der Waals surface area contributed by atoms with Gasteiger partial charge in [0.05, 0.1) is 0 Å². The number of rotatable bonds is 11. The fraction of sp³-hybridized carbons (Fsp3) is 0.462. The second-order valence-electron chi connectivity index (χ2n) is 7.98. The molecule has 0 saturated heterocycles. The molecular weight excluding hydrogens is 388 g/mol. The van der Waals surface area contributed by atoms with E-state index in [1.54, 1.807) is 4.90 Å². The molecule has 0 spiro atoms. The number of benzene rings is 2. The second-order valence-corrected chi connectivity index (χ2v) is 7.98. The molecule has 2 aromatic rings. The van der Waals surface area contributed by atoms with E-state index in [1.807, 2.05) is 76.2 Å². The van der Waals surface area contributed by atoms with Gasteiger partial charge in [0, 0.05) is 12.6 Å². The van der Waals surface area contributed by atoms with E-state index < -0.39 is 6.04 Å². The molecule has 0 aliphatic heterocycles. The van der Waals surface area contributed by atoms with Gasteiger partial charge < -0.3 is 15.0 Å². The maximum Gasteiger partial charge on any atom is 0.261 e. The van der Waals surface area contributed by atoms with Crippen LogP contribution in [0, 0.1) is 6.92 Å². The van der Waals surface area contributed by atoms with Crippen molar-refractivity contribution in [2.75, 3.05) is 6.61 Å². The van der Waals surface area contributed by atoms with E-state index >= 15 is 0 Å². The minimum Gasteiger partial charge on any atom is -0.484 e. The Kier molecular flexibility index (Phi) is 9.57. The predicted octanol–water partition coefficient (Wildman–Crippen LogP) is 4.66. The molecule has 31 heavy (non-hydrogen) atoms. The van der Waals surface area contributed by atoms with Gasteiger partial charge in [0.25, 0.3) is 5.91 Å². The summed E-state index contributed by atoms with van der Waals surface area (Å²) < 4.78 is 5.77. The van der Waals surface area contributed by atoms with Crippen molar-refractivity contribution in [3.8, 4) is 5.75 Å². The minimum atomic E-state index is -0.549. The topological polar surface area (TPSA) is 58.6 Å². The molecule has 0 saturated carbocycles. The van der Waals surface area contributed by atoms with Gasteiger partial charge in [-0.05, 0) is 61.9 Å². The van der Waals surface area contributed by atoms with E-state index in [0.29, 0.717) is 18.7 Å². The first-order valence-corrected chi connectivity index (χ1v) is 11.3. The number of ether oxygens (including phenoxy) is 1. The van der Waals surface area contributed by atoms with E-state index in [4.69, 9.17) is 4.74 Å². The molecule has 0 radical (unpaired) electrons. The largest absolute Gasteiger partial charge is 0.484 e. The summed E-state index contributed by atoms with van der Waals surface area (Å²) in [7, 11) is 0. The van der Waals surface area contributed by atoms with E-state index in [0.717, 1.165) is 24.0 Å². The van der Waals surface area contributed by atoms with Crippen LogP contribution in [0.25, 0.3) is 0 Å². The van der Waals surface area contributed by atoms with Crippen molar-refractivity contribution < 1.29 is 14.3 Å². The summed E-state index contributed by atoms with van der Waals surface area (Å²) in [4.78, 5) is 27.9. The molecule has 1 N–H and O–H groups in total. The molecule has 168 valence electrons. The molecule has 5 nitrogen and oxygen atoms in total. The van der Waals surface area contributed by atoms with Crippen molar-refractivity contribution >= 4 is 11.8 Å². The Labute approximate surface area is 186 Å². The Morgan fingerprint density at radius 1 is 1.00 bits per heavy atom. The molecule has 5 heteroatoms. The van der Waals surface area contributed by atoms with Crippen LogP contribution in [-0.4, -0.2) is 35.4 Å². The zero-order chi connectivity index (χ0) is 22.8. The molecule has 0 aromatic heterocycles. The predicted molar refractivity (Wildman–Crippen MR) is 125 cm³/mol. The molecule has 0 aliphatic rings. The fourth-order valence-corrected chi connectivity index (χ4v) is 3.38. The average Bonchev–Trinajstić information content (AvgIpc) is 2.78. The zero-order valence-electron chi connectivity index (χ0n) is 19.5. The van der Waals surface area contributed by atoms with Gasteiger partial charge in [-0.1, -0.05) is 57.2 Å². The Morgan fingerprint density at radius 2 is 1.68 bits per heavy atom. The number of amides is 2. The van der Waals surface area contributed by atoms with Crippen LogP contribution in [0.1, 0.15) is 57.2 Å². The highest BCUT2D eigenvalue weighted by Crippen LogP contribution is 2.17. The van der Waals surface area contributed by atoms with Gasteiger partial charge in [0.15, 0.2) is 6.61 Å². The lowest BCUT2D eigenvalue weighted by atomic mass is 10.1. The number of nitrogens with zero attached hydrogens (tertiary/aromatic N) is 1. The maximum absolute atomic E-state index is 13.2. The summed E-state index contributed by atoms with van der Waals surface area (Å²) in [5.41, 5.74) is 3.33. The highest BCUT2D eigenvalue weighted by molar-refractivity contribution is 5.88. The van der Waals surface area contributed by atoms with Gasteiger partial charge >= 0.3 is 0 Å². The lowest BCUT2D eigenvalue weighted by Gasteiger charge is -2.31. The van der Waals surface area contributed by atoms with Crippen LogP contribution in [0.3, 0.4) is 0 Å². The first-order valence-electron chi connectivity index (χ1n) is 11.3. The first-order chi connectivity index (χ1) is 14.9. The van der Waals surface area contributed by atoms with E-state index in [1.165, 1.54) is 5.56 Å². The molecule has 2 aromatic carbocycles. The van der Waals surface area contributed by atoms with Crippen LogP contribution in [0.5, 0.6) is 5.75 Å². The molecule has 0 bridgehead atoms. The number of carbonyl (C=O) groups is 2. The van der Waals surface area contributed by atoms with E-state index in [9.17, 15) is 9.59 Å². The van der Waals surface area contributed by atoms with Gasteiger partial charge in [-0.3, -0.25) is 9.59 Å². The summed E-state index contributed by atoms with van der Waals surface area (Å²) >= 11 is 0. The molecule has 2 atom stereocenters. The first kappa shape index (κ1) is 24.4. The Morgan fingerprint density at radius 3 is 2.26 bits per heavy atom. The lowest BCUT2D eigenvalue weighted by Crippen LogP contribution is -2.51. The van der Waals surface area contributed by atoms with Crippen molar-refractivity contribution in [2.24, 2.45) is 0 Å². The van der Waals surface area contributed by atoms with Crippen LogP contribution < -0.4 is 10.1 Å². The lowest BCUT2D eigenvalue weighted by molar-refractivity contribution is -0.143. The number of carbonyl (C=O) groups excluding carboxylic acids is 2. The van der Waals surface area contributed by atoms with Crippen LogP contribution in [0.15, 0.2) is 48.5 Å². The maximum atomic E-state index is 13.2. The Hall–Kier alpha value is -2.82. The molecule has 2 amide bonds. The summed E-state index contributed by atoms with van der Waals surface area (Å²) in [6, 6.07) is 15.2. The Balaban J connectivity index is 2.20. The van der Waals surface area contributed by atoms with Gasteiger partial charge in [0.1, 0.15) is 11.8 Å². The standard InChI is InChI=1S/C26H36N2O3/c1-6-20(5)27-26(30)24(8-3)28(17-22-12-10-9-11-19(22)4)25(29)18-31-23-15-13-21(7-2)14-16-23/h9-16,20,24H,6-8,17-18H2,1-5H3,(H,27,30). The molecule has 0 heterocycles. The van der Waals surface area contributed by atoms with E-state index in [-0.39, 0.29) is 24.5 Å². The summed E-state index contributed by atoms with van der Waals surface area (Å²) in [6.07, 6.45) is 2.32. The third-order valence-electron chi connectivity index (χ3n) is 5.68. The smallest absolute Gasteiger partial charge is 0.261 e. The van der Waals surface area contributed by atoms with Crippen LogP contribution in [0.2, 0.25) is 0 Å². The summed E-state index contributed by atoms with van der Waals surface area (Å²) in [6.45, 7) is 10.3. The number of nitrogens with one attached hydrogen (secondary N) is 1. The average molecular weight is 425 g/mol. The summed E-state index contributed by atoms with van der Waals surface area (Å²) in [5.74, 6) is 0.332. The minimum absolute atomic E-state index is 0.0605. The number of aryl methyl sites for hydroxylation is 2. The van der Waals surface area contributed by atoms with Gasteiger partial charge in [-0.15, -0.1) is 0 Å². The zero-order valence-corrected chi connectivity index (χ0v) is 19.5. The molecular formula is C26H36N2O3. The van der Waals surface area contributed by atoms with Gasteiger partial charge in [-0.2, -0.15) is 0 Å². The van der Waals surface area contributed by atoms with Crippen molar-refractivity contribution in [3.05, 3.63) is 65.2 Å². The van der Waals surface area contributed by atoms with Gasteiger partial charge in [0.2, 0.25) is 5.91 Å². The highest BCUT2D eigenvalue weighted by atomic mass is 16.5. The molecule has 0 aliphatic carbocycles. The third-order valence-corrected chi connectivity index (χ3v) is 5.68. The quantitative estimate of drug-likeness (QED) is 0.571. The summed E-state index contributed by atoms with van der Waals surface area (Å²) in [5, 5.41) is 3.03. The number of hydrogen-bond donors (Lipinski definition) is 1.